The number of aromatic nitrogens is 2. The first-order valence-electron chi connectivity index (χ1n) is 11.1. The maximum absolute atomic E-state index is 13.5. The van der Waals surface area contributed by atoms with E-state index in [0.717, 1.165) is 32.1 Å². The van der Waals surface area contributed by atoms with Crippen LogP contribution >= 0.6 is 0 Å². The average Bonchev–Trinajstić information content (AvgIpc) is 3.33. The summed E-state index contributed by atoms with van der Waals surface area (Å²) in [7, 11) is 0. The number of likely N-dealkylation sites (tertiary alicyclic amines) is 2. The lowest BCUT2D eigenvalue weighted by Gasteiger charge is -2.52. The summed E-state index contributed by atoms with van der Waals surface area (Å²) in [6.45, 7) is 4.33. The maximum Gasteiger partial charge on any atom is 0.243 e. The molecule has 30 heavy (non-hydrogen) atoms. The lowest BCUT2D eigenvalue weighted by Crippen LogP contribution is -2.62. The number of amides is 2. The Hall–Kier alpha value is -2.63. The third kappa shape index (κ3) is 2.96. The van der Waals surface area contributed by atoms with E-state index in [0.29, 0.717) is 6.54 Å². The van der Waals surface area contributed by atoms with Crippen molar-refractivity contribution in [1.29, 1.82) is 0 Å². The van der Waals surface area contributed by atoms with E-state index >= 15 is 0 Å². The minimum absolute atomic E-state index is 0.0215. The fourth-order valence-electron chi connectivity index (χ4n) is 6.61. The summed E-state index contributed by atoms with van der Waals surface area (Å²) >= 11 is 0. The molecular formula is C24H30N4O2. The molecule has 3 aliphatic rings. The molecule has 0 spiro atoms. The third-order valence-corrected chi connectivity index (χ3v) is 7.77. The molecule has 6 nitrogen and oxygen atoms in total. The Bertz CT molecular complexity index is 928. The van der Waals surface area contributed by atoms with E-state index in [9.17, 15) is 9.59 Å². The van der Waals surface area contributed by atoms with Crippen LogP contribution in [0.25, 0.3) is 0 Å². The number of piperidine rings is 1. The first kappa shape index (κ1) is 19.3. The van der Waals surface area contributed by atoms with Crippen LogP contribution in [-0.2, 0) is 22.6 Å². The largest absolute Gasteiger partial charge is 0.334 e. The number of carbonyl (C=O) groups is 2. The van der Waals surface area contributed by atoms with Crippen molar-refractivity contribution in [3.8, 4) is 0 Å². The summed E-state index contributed by atoms with van der Waals surface area (Å²) in [5, 5.41) is 0. The Balaban J connectivity index is 1.54. The maximum atomic E-state index is 13.5. The van der Waals surface area contributed by atoms with Crippen LogP contribution in [0.3, 0.4) is 0 Å². The van der Waals surface area contributed by atoms with Crippen molar-refractivity contribution in [2.75, 3.05) is 0 Å². The second-order valence-corrected chi connectivity index (χ2v) is 9.46. The highest BCUT2D eigenvalue weighted by Crippen LogP contribution is 2.56. The molecule has 1 saturated carbocycles. The molecule has 5 rings (SSSR count). The van der Waals surface area contributed by atoms with Gasteiger partial charge in [0.1, 0.15) is 6.54 Å². The van der Waals surface area contributed by atoms with Crippen LogP contribution in [-0.4, -0.2) is 55.3 Å². The molecule has 1 aliphatic carbocycles. The summed E-state index contributed by atoms with van der Waals surface area (Å²) in [6.07, 6.45) is 10.2. The number of benzene rings is 1. The molecule has 2 amide bonds. The minimum Gasteiger partial charge on any atom is -0.334 e. The normalized spacial score (nSPS) is 32.3. The number of imidazole rings is 1. The second-order valence-electron chi connectivity index (χ2n) is 9.46. The Morgan fingerprint density at radius 2 is 1.87 bits per heavy atom. The van der Waals surface area contributed by atoms with Crippen molar-refractivity contribution in [1.82, 2.24) is 19.4 Å². The molecular weight excluding hydrogens is 376 g/mol. The summed E-state index contributed by atoms with van der Waals surface area (Å²) in [4.78, 5) is 34.9. The van der Waals surface area contributed by atoms with Gasteiger partial charge in [-0.25, -0.2) is 4.98 Å². The summed E-state index contributed by atoms with van der Waals surface area (Å²) < 4.78 is 1.85. The van der Waals surface area contributed by atoms with E-state index < -0.39 is 0 Å². The number of carbonyl (C=O) groups excluding carboxylic acids is 2. The van der Waals surface area contributed by atoms with E-state index in [4.69, 9.17) is 0 Å². The van der Waals surface area contributed by atoms with E-state index in [1.807, 2.05) is 16.8 Å². The highest BCUT2D eigenvalue weighted by molar-refractivity contribution is 5.79. The monoisotopic (exact) mass is 406 g/mol. The fraction of sp³-hybridized carbons (Fsp3) is 0.542. The van der Waals surface area contributed by atoms with Gasteiger partial charge in [-0.05, 0) is 37.7 Å². The molecule has 1 aromatic carbocycles. The first-order chi connectivity index (χ1) is 14.5. The first-order valence-corrected chi connectivity index (χ1v) is 11.1. The highest BCUT2D eigenvalue weighted by Gasteiger charge is 2.64. The minimum atomic E-state index is -0.0215. The van der Waals surface area contributed by atoms with Crippen LogP contribution in [0, 0.1) is 5.41 Å². The van der Waals surface area contributed by atoms with Gasteiger partial charge in [0.25, 0.3) is 0 Å². The predicted molar refractivity (Wildman–Crippen MR) is 113 cm³/mol. The fourth-order valence-corrected chi connectivity index (χ4v) is 6.61. The lowest BCUT2D eigenvalue weighted by atomic mass is 9.64. The molecule has 2 bridgehead atoms. The van der Waals surface area contributed by atoms with Crippen LogP contribution in [0.15, 0.2) is 49.1 Å². The van der Waals surface area contributed by atoms with Gasteiger partial charge >= 0.3 is 0 Å². The van der Waals surface area contributed by atoms with Gasteiger partial charge in [0.05, 0.1) is 18.4 Å². The third-order valence-electron chi connectivity index (χ3n) is 7.77. The quantitative estimate of drug-likeness (QED) is 0.785. The zero-order valence-electron chi connectivity index (χ0n) is 17.8. The van der Waals surface area contributed by atoms with Crippen LogP contribution in [0.1, 0.15) is 45.1 Å². The Morgan fingerprint density at radius 1 is 1.13 bits per heavy atom. The van der Waals surface area contributed by atoms with Gasteiger partial charge in [0, 0.05) is 36.8 Å². The molecule has 0 N–H and O–H groups in total. The van der Waals surface area contributed by atoms with E-state index in [2.05, 4.69) is 46.0 Å². The van der Waals surface area contributed by atoms with Gasteiger partial charge in [-0.2, -0.15) is 0 Å². The Kier molecular flexibility index (Phi) is 4.68. The Labute approximate surface area is 177 Å². The number of hydrogen-bond acceptors (Lipinski definition) is 3. The molecule has 158 valence electrons. The van der Waals surface area contributed by atoms with Crippen molar-refractivity contribution < 1.29 is 9.59 Å². The van der Waals surface area contributed by atoms with Gasteiger partial charge in [-0.3, -0.25) is 9.59 Å². The topological polar surface area (TPSA) is 58.4 Å². The van der Waals surface area contributed by atoms with Gasteiger partial charge in [0.15, 0.2) is 0 Å². The molecule has 5 atom stereocenters. The molecule has 3 fully saturated rings. The summed E-state index contributed by atoms with van der Waals surface area (Å²) in [5.41, 5.74) is 1.20. The molecule has 6 heteroatoms. The smallest absolute Gasteiger partial charge is 0.243 e. The summed E-state index contributed by atoms with van der Waals surface area (Å²) in [6, 6.07) is 10.9. The van der Waals surface area contributed by atoms with Gasteiger partial charge in [0.2, 0.25) is 11.8 Å². The predicted octanol–water partition coefficient (Wildman–Crippen LogP) is 2.88. The van der Waals surface area contributed by atoms with E-state index in [-0.39, 0.29) is 41.4 Å². The van der Waals surface area contributed by atoms with Crippen molar-refractivity contribution >= 4 is 11.8 Å². The molecule has 2 saturated heterocycles. The SMILES string of the molecule is CC(=O)N1[C@H](Cc2ccccc2)[C@@H]2C[C@@]3(C)[C@H](CCC[C@@H]13)N2C(=O)Cn1ccnc1. The van der Waals surface area contributed by atoms with Crippen LogP contribution in [0.5, 0.6) is 0 Å². The average molecular weight is 407 g/mol. The molecule has 0 radical (unpaired) electrons. The van der Waals surface area contributed by atoms with Crippen LogP contribution < -0.4 is 0 Å². The van der Waals surface area contributed by atoms with Crippen molar-refractivity contribution in [2.24, 2.45) is 5.41 Å². The number of rotatable bonds is 4. The summed E-state index contributed by atoms with van der Waals surface area (Å²) in [5.74, 6) is 0.289. The molecule has 2 aliphatic heterocycles. The van der Waals surface area contributed by atoms with Gasteiger partial charge in [-0.1, -0.05) is 37.3 Å². The lowest BCUT2D eigenvalue weighted by molar-refractivity contribution is -0.143. The van der Waals surface area contributed by atoms with Crippen molar-refractivity contribution in [3.05, 3.63) is 54.6 Å². The van der Waals surface area contributed by atoms with Gasteiger partial charge < -0.3 is 14.4 Å². The van der Waals surface area contributed by atoms with Crippen LogP contribution in [0.4, 0.5) is 0 Å². The second kappa shape index (κ2) is 7.25. The molecule has 0 unspecified atom stereocenters. The number of nitrogens with zero attached hydrogens (tertiary/aromatic N) is 4. The molecule has 2 aromatic rings. The van der Waals surface area contributed by atoms with E-state index in [1.165, 1.54) is 5.56 Å². The zero-order chi connectivity index (χ0) is 20.9. The van der Waals surface area contributed by atoms with Crippen molar-refractivity contribution in [2.45, 2.75) is 76.7 Å². The van der Waals surface area contributed by atoms with Gasteiger partial charge in [-0.15, -0.1) is 0 Å². The molecule has 1 aromatic heterocycles. The standard InChI is InChI=1S/C24H30N4O2/c1-17(29)27-19(13-18-7-4-3-5-8-18)20-14-24(2)21(27)9-6-10-22(24)28(20)23(30)15-26-12-11-25-16-26/h3-5,7-8,11-12,16,19-22H,6,9-10,13-15H2,1-2H3/t19-,20+,21-,22+,24-/m1/s1. The Morgan fingerprint density at radius 3 is 2.53 bits per heavy atom. The highest BCUT2D eigenvalue weighted by atomic mass is 16.2. The van der Waals surface area contributed by atoms with Crippen molar-refractivity contribution in [3.63, 3.8) is 0 Å². The number of hydrogen-bond donors (Lipinski definition) is 0. The zero-order valence-corrected chi connectivity index (χ0v) is 17.8. The van der Waals surface area contributed by atoms with E-state index in [1.54, 1.807) is 19.4 Å². The van der Waals surface area contributed by atoms with Crippen LogP contribution in [0.2, 0.25) is 0 Å². The number of fused-ring (bicyclic) bond motifs is 1. The molecule has 3 heterocycles.